The monoisotopic (exact) mass is 1090 g/mol. The molecule has 6 atom stereocenters. The number of hydrogen-bond acceptors (Lipinski definition) is 19. The van der Waals surface area contributed by atoms with Crippen molar-refractivity contribution in [2.24, 2.45) is 0 Å². The topological polar surface area (TPSA) is 243 Å². The summed E-state index contributed by atoms with van der Waals surface area (Å²) in [5, 5.41) is 6.26. The average molecular weight is 1090 g/mol. The summed E-state index contributed by atoms with van der Waals surface area (Å²) in [5.41, 5.74) is 2.93. The Hall–Kier alpha value is -6.34. The molecule has 10 heterocycles. The number of rotatable bonds is 10. The Morgan fingerprint density at radius 2 is 1.25 bits per heavy atom. The Labute approximate surface area is 449 Å². The van der Waals surface area contributed by atoms with Crippen molar-refractivity contribution in [3.8, 4) is 22.5 Å². The summed E-state index contributed by atoms with van der Waals surface area (Å²) >= 11 is -0.929. The van der Waals surface area contributed by atoms with Crippen LogP contribution in [0.4, 0.5) is 23.5 Å². The number of sulfone groups is 1. The Morgan fingerprint density at radius 3 is 1.78 bits per heavy atom. The van der Waals surface area contributed by atoms with Crippen LogP contribution in [0.1, 0.15) is 47.4 Å². The SMILES string of the molecule is CNC(=O)c1cccc(-c2ccc3c(N4CCOC[C@@H]4C)nc(N4CCO[C@]5(CC(CNC(=O)c6cccc(-c7ccc8c(N9CCOC[C@@H]9C)nc(N9CCOC%10(CC[S+]([O-])C%10)C9)nc8n7)c6)S(=O)(=O)C5)C4)nc3n2)c1. The Kier molecular flexibility index (Phi) is 13.9. The Bertz CT molecular complexity index is 3370. The van der Waals surface area contributed by atoms with Crippen LogP contribution in [0.15, 0.2) is 72.8 Å². The first kappa shape index (κ1) is 51.4. The zero-order valence-corrected chi connectivity index (χ0v) is 45.0. The van der Waals surface area contributed by atoms with Gasteiger partial charge >= 0.3 is 0 Å². The summed E-state index contributed by atoms with van der Waals surface area (Å²) in [6, 6.07) is 22.2. The summed E-state index contributed by atoms with van der Waals surface area (Å²) in [6.45, 7) is 10.0. The highest BCUT2D eigenvalue weighted by Crippen LogP contribution is 2.39. The van der Waals surface area contributed by atoms with Crippen molar-refractivity contribution in [2.75, 3.05) is 129 Å². The van der Waals surface area contributed by atoms with Crippen LogP contribution in [-0.4, -0.2) is 193 Å². The summed E-state index contributed by atoms with van der Waals surface area (Å²) in [7, 11) is -2.14. The summed E-state index contributed by atoms with van der Waals surface area (Å²) in [4.78, 5) is 65.5. The molecule has 2 aromatic carbocycles. The van der Waals surface area contributed by atoms with Gasteiger partial charge in [0.1, 0.15) is 34.3 Å². The molecule has 0 radical (unpaired) electrons. The van der Waals surface area contributed by atoms with Crippen molar-refractivity contribution in [2.45, 2.75) is 55.2 Å². The number of benzene rings is 2. The van der Waals surface area contributed by atoms with Crippen LogP contribution in [-0.2, 0) is 40.0 Å². The van der Waals surface area contributed by atoms with Gasteiger partial charge in [-0.1, -0.05) is 35.4 Å². The quantitative estimate of drug-likeness (QED) is 0.187. The van der Waals surface area contributed by atoms with Crippen LogP contribution in [0.2, 0.25) is 0 Å². The van der Waals surface area contributed by atoms with E-state index in [4.69, 9.17) is 48.9 Å². The number of carbonyl (C=O) groups is 2. The molecule has 404 valence electrons. The first-order valence-electron chi connectivity index (χ1n) is 26.4. The van der Waals surface area contributed by atoms with Gasteiger partial charge in [-0.3, -0.25) is 9.59 Å². The first-order chi connectivity index (χ1) is 37.2. The molecule has 2 amide bonds. The number of pyridine rings is 2. The van der Waals surface area contributed by atoms with Gasteiger partial charge < -0.3 is 53.7 Å². The molecule has 77 heavy (non-hydrogen) atoms. The number of nitrogens with zero attached hydrogens (tertiary/aromatic N) is 10. The minimum Gasteiger partial charge on any atom is -0.616 e. The molecule has 3 unspecified atom stereocenters. The highest BCUT2D eigenvalue weighted by atomic mass is 32.2. The Balaban J connectivity index is 0.774. The predicted octanol–water partition coefficient (Wildman–Crippen LogP) is 3.43. The van der Waals surface area contributed by atoms with E-state index in [-0.39, 0.29) is 49.9 Å². The van der Waals surface area contributed by atoms with Crippen LogP contribution in [0.25, 0.3) is 44.6 Å². The van der Waals surface area contributed by atoms with Gasteiger partial charge in [0, 0.05) is 68.4 Å². The highest BCUT2D eigenvalue weighted by molar-refractivity contribution is 7.92. The van der Waals surface area contributed by atoms with Gasteiger partial charge in [-0.15, -0.1) is 0 Å². The number of aromatic nitrogens is 6. The van der Waals surface area contributed by atoms with Crippen LogP contribution < -0.4 is 30.2 Å². The zero-order valence-electron chi connectivity index (χ0n) is 43.4. The second-order valence-corrected chi connectivity index (χ2v) is 25.0. The lowest BCUT2D eigenvalue weighted by Crippen LogP contribution is -2.53. The number of amides is 2. The molecule has 6 saturated heterocycles. The number of ether oxygens (including phenoxy) is 4. The molecule has 23 heteroatoms. The van der Waals surface area contributed by atoms with Crippen LogP contribution >= 0.6 is 0 Å². The van der Waals surface area contributed by atoms with E-state index in [0.29, 0.717) is 141 Å². The molecular formula is C54H62N12O9S2. The lowest BCUT2D eigenvalue weighted by Gasteiger charge is -2.40. The van der Waals surface area contributed by atoms with Gasteiger partial charge in [-0.2, -0.15) is 19.9 Å². The number of hydrogen-bond donors (Lipinski definition) is 2. The number of fused-ring (bicyclic) bond motifs is 2. The lowest BCUT2D eigenvalue weighted by molar-refractivity contribution is -0.0393. The molecular weight excluding hydrogens is 1020 g/mol. The van der Waals surface area contributed by atoms with Crippen LogP contribution in [0, 0.1) is 0 Å². The molecule has 21 nitrogen and oxygen atoms in total. The number of nitrogens with one attached hydrogen (secondary N) is 2. The van der Waals surface area contributed by atoms with Crippen LogP contribution in [0.5, 0.6) is 0 Å². The molecule has 6 aromatic rings. The van der Waals surface area contributed by atoms with E-state index in [2.05, 4.69) is 39.2 Å². The van der Waals surface area contributed by atoms with E-state index in [1.165, 1.54) is 0 Å². The van der Waals surface area contributed by atoms with E-state index in [9.17, 15) is 22.6 Å². The van der Waals surface area contributed by atoms with Crippen molar-refractivity contribution in [1.82, 2.24) is 40.5 Å². The molecule has 6 aliphatic heterocycles. The maximum atomic E-state index is 14.1. The summed E-state index contributed by atoms with van der Waals surface area (Å²) in [5.74, 6) is 2.66. The number of carbonyl (C=O) groups excluding carboxylic acids is 2. The van der Waals surface area contributed by atoms with Gasteiger partial charge in [-0.25, -0.2) is 18.4 Å². The molecule has 12 rings (SSSR count). The van der Waals surface area contributed by atoms with Gasteiger partial charge in [0.05, 0.1) is 98.0 Å². The molecule has 4 aromatic heterocycles. The third-order valence-electron chi connectivity index (χ3n) is 15.7. The smallest absolute Gasteiger partial charge is 0.251 e. The number of morpholine rings is 4. The Morgan fingerprint density at radius 1 is 0.701 bits per heavy atom. The van der Waals surface area contributed by atoms with Gasteiger partial charge in [0.15, 0.2) is 21.1 Å². The fraction of sp³-hybridized carbons (Fsp3) is 0.481. The standard InChI is InChI=1S/C54H62N12O9S2/c1-34-28-72-19-17-65(34)47-41-11-13-44(58-45(41)59-51(61-47)63-15-21-74-53(30-63)14-23-76(69)32-53)37-7-5-9-39(25-37)50(68)56-27-40-26-54(33-77(40,70)71)31-64(16-22-75-54)52-60-46-42(48(62-52)66-18-20-73-29-35(66)2)10-12-43(57-46)36-6-4-8-38(24-36)49(67)55-3/h4-13,24-25,34-35,40H,14-23,26-33H2,1-3H3,(H,55,67)(H,56,68)/t34-,35-,40?,53?,54+,76?/m0/s1. The van der Waals surface area contributed by atoms with Crippen molar-refractivity contribution in [3.05, 3.63) is 83.9 Å². The van der Waals surface area contributed by atoms with Crippen molar-refractivity contribution in [3.63, 3.8) is 0 Å². The van der Waals surface area contributed by atoms with Gasteiger partial charge in [0.2, 0.25) is 11.9 Å². The van der Waals surface area contributed by atoms with Gasteiger partial charge in [0.25, 0.3) is 11.8 Å². The summed E-state index contributed by atoms with van der Waals surface area (Å²) in [6.07, 6.45) is 0.882. The maximum Gasteiger partial charge on any atom is 0.251 e. The van der Waals surface area contributed by atoms with E-state index >= 15 is 0 Å². The molecule has 6 aliphatic rings. The van der Waals surface area contributed by atoms with Crippen LogP contribution in [0.3, 0.4) is 0 Å². The minimum atomic E-state index is -3.73. The van der Waals surface area contributed by atoms with E-state index in [1.54, 1.807) is 37.4 Å². The van der Waals surface area contributed by atoms with Crippen molar-refractivity contribution >= 4 is 78.4 Å². The predicted molar refractivity (Wildman–Crippen MR) is 293 cm³/mol. The van der Waals surface area contributed by atoms with E-state index < -0.39 is 43.4 Å². The third-order valence-corrected chi connectivity index (χ3v) is 19.5. The maximum absolute atomic E-state index is 14.1. The van der Waals surface area contributed by atoms with Crippen molar-refractivity contribution in [1.29, 1.82) is 0 Å². The third kappa shape index (κ3) is 10.2. The molecule has 2 spiro atoms. The van der Waals surface area contributed by atoms with E-state index in [1.807, 2.05) is 47.4 Å². The molecule has 2 N–H and O–H groups in total. The minimum absolute atomic E-state index is 0.0209. The van der Waals surface area contributed by atoms with Crippen molar-refractivity contribution < 1.29 is 41.5 Å². The largest absolute Gasteiger partial charge is 0.616 e. The second kappa shape index (κ2) is 20.8. The lowest BCUT2D eigenvalue weighted by atomic mass is 9.97. The summed E-state index contributed by atoms with van der Waals surface area (Å²) < 4.78 is 64.9. The number of anilines is 4. The highest BCUT2D eigenvalue weighted by Gasteiger charge is 2.53. The first-order valence-corrected chi connectivity index (χ1v) is 29.6. The van der Waals surface area contributed by atoms with E-state index in [0.717, 1.165) is 22.2 Å². The normalized spacial score (nSPS) is 26.5. The van der Waals surface area contributed by atoms with Gasteiger partial charge in [-0.05, 0) is 68.8 Å². The zero-order chi connectivity index (χ0) is 53.1. The molecule has 0 aliphatic carbocycles. The fourth-order valence-electron chi connectivity index (χ4n) is 11.7. The molecule has 0 bridgehead atoms. The average Bonchev–Trinajstić information content (AvgIpc) is 4.04. The molecule has 0 saturated carbocycles. The molecule has 6 fully saturated rings. The second-order valence-electron chi connectivity index (χ2n) is 21.1. The fourth-order valence-corrected chi connectivity index (χ4v) is 15.5.